The average molecular weight is 268 g/mol. The number of halogens is 2. The van der Waals surface area contributed by atoms with Crippen molar-refractivity contribution in [2.75, 3.05) is 12.4 Å². The van der Waals surface area contributed by atoms with Gasteiger partial charge in [0.1, 0.15) is 11.6 Å². The number of aromatic nitrogens is 1. The molecule has 16 heavy (non-hydrogen) atoms. The Kier molecular flexibility index (Phi) is 8.84. The number of hydrogen-bond donors (Lipinski definition) is 2. The van der Waals surface area contributed by atoms with Crippen molar-refractivity contribution in [2.24, 2.45) is 5.73 Å². The Hall–Kier alpha value is -1.04. The first-order chi connectivity index (χ1) is 6.63. The molecule has 92 valence electrons. The molecule has 1 unspecified atom stereocenters. The molecular weight excluding hydrogens is 253 g/mol. The van der Waals surface area contributed by atoms with Crippen molar-refractivity contribution in [2.45, 2.75) is 13.0 Å². The van der Waals surface area contributed by atoms with Gasteiger partial charge in [-0.1, -0.05) is 0 Å². The smallest absolute Gasteiger partial charge is 0.242 e. The fourth-order valence-corrected chi connectivity index (χ4v) is 0.815. The minimum absolute atomic E-state index is 0. The number of carbonyl (C=O) groups is 1. The van der Waals surface area contributed by atoms with Crippen molar-refractivity contribution < 1.29 is 9.53 Å². The fraction of sp³-hybridized carbons (Fsp3) is 0.333. The maximum absolute atomic E-state index is 11.2. The third-order valence-electron chi connectivity index (χ3n) is 1.64. The largest absolute Gasteiger partial charge is 0.495 e. The zero-order chi connectivity index (χ0) is 10.6. The number of pyridine rings is 1. The number of nitrogens with zero attached hydrogens (tertiary/aromatic N) is 1. The van der Waals surface area contributed by atoms with E-state index in [0.717, 1.165) is 0 Å². The van der Waals surface area contributed by atoms with Crippen molar-refractivity contribution in [1.82, 2.24) is 4.98 Å². The van der Waals surface area contributed by atoms with Crippen molar-refractivity contribution in [1.29, 1.82) is 0 Å². The molecule has 0 saturated carbocycles. The molecule has 0 radical (unpaired) electrons. The summed E-state index contributed by atoms with van der Waals surface area (Å²) in [7, 11) is 1.55. The molecule has 1 aromatic heterocycles. The third-order valence-corrected chi connectivity index (χ3v) is 1.64. The van der Waals surface area contributed by atoms with Gasteiger partial charge in [0.15, 0.2) is 0 Å². The number of nitrogens with one attached hydrogen (secondary N) is 1. The number of ether oxygens (including phenoxy) is 1. The number of anilines is 1. The van der Waals surface area contributed by atoms with Crippen LogP contribution in [0.4, 0.5) is 5.82 Å². The highest BCUT2D eigenvalue weighted by atomic mass is 35.5. The van der Waals surface area contributed by atoms with E-state index in [-0.39, 0.29) is 30.7 Å². The van der Waals surface area contributed by atoms with Gasteiger partial charge in [-0.25, -0.2) is 4.98 Å². The minimum atomic E-state index is -0.543. The van der Waals surface area contributed by atoms with Crippen molar-refractivity contribution in [3.63, 3.8) is 0 Å². The van der Waals surface area contributed by atoms with E-state index in [1.807, 2.05) is 0 Å². The van der Waals surface area contributed by atoms with Crippen LogP contribution in [0.15, 0.2) is 18.3 Å². The predicted molar refractivity (Wildman–Crippen MR) is 67.6 cm³/mol. The molecule has 1 atom stereocenters. The van der Waals surface area contributed by atoms with Crippen LogP contribution < -0.4 is 15.8 Å². The van der Waals surface area contributed by atoms with Crippen LogP contribution >= 0.6 is 24.8 Å². The minimum Gasteiger partial charge on any atom is -0.495 e. The maximum atomic E-state index is 11.2. The van der Waals surface area contributed by atoms with E-state index in [1.54, 1.807) is 26.2 Å². The molecule has 1 amide bonds. The van der Waals surface area contributed by atoms with Gasteiger partial charge in [0.25, 0.3) is 0 Å². The first kappa shape index (κ1) is 17.4. The van der Waals surface area contributed by atoms with E-state index in [0.29, 0.717) is 11.6 Å². The van der Waals surface area contributed by atoms with E-state index in [4.69, 9.17) is 10.5 Å². The maximum Gasteiger partial charge on any atom is 0.242 e. The summed E-state index contributed by atoms with van der Waals surface area (Å²) in [5, 5.41) is 2.56. The van der Waals surface area contributed by atoms with Gasteiger partial charge in [0, 0.05) is 0 Å². The van der Waals surface area contributed by atoms with Crippen LogP contribution in [0.25, 0.3) is 0 Å². The quantitative estimate of drug-likeness (QED) is 0.864. The van der Waals surface area contributed by atoms with Gasteiger partial charge >= 0.3 is 0 Å². The Bertz CT molecular complexity index is 317. The van der Waals surface area contributed by atoms with Crippen LogP contribution in [-0.4, -0.2) is 24.0 Å². The first-order valence-electron chi connectivity index (χ1n) is 4.20. The van der Waals surface area contributed by atoms with Gasteiger partial charge in [-0.05, 0) is 19.1 Å². The summed E-state index contributed by atoms with van der Waals surface area (Å²) >= 11 is 0. The Morgan fingerprint density at radius 2 is 2.12 bits per heavy atom. The van der Waals surface area contributed by atoms with Crippen molar-refractivity contribution in [3.8, 4) is 5.75 Å². The highest BCUT2D eigenvalue weighted by Gasteiger charge is 2.07. The molecule has 1 rings (SSSR count). The van der Waals surface area contributed by atoms with Crippen LogP contribution in [0.3, 0.4) is 0 Å². The lowest BCUT2D eigenvalue weighted by atomic mass is 10.3. The monoisotopic (exact) mass is 267 g/mol. The first-order valence-corrected chi connectivity index (χ1v) is 4.20. The number of amides is 1. The molecule has 0 saturated heterocycles. The standard InChI is InChI=1S/C9H13N3O2.2ClH/c1-6(10)9(13)12-8-4-3-7(14-2)5-11-8;;/h3-6H,10H2,1-2H3,(H,11,12,13);2*1H. The SMILES string of the molecule is COc1ccc(NC(=O)C(C)N)nc1.Cl.Cl. The fourth-order valence-electron chi connectivity index (χ4n) is 0.815. The molecule has 3 N–H and O–H groups in total. The van der Waals surface area contributed by atoms with E-state index >= 15 is 0 Å². The van der Waals surface area contributed by atoms with Gasteiger partial charge in [0.05, 0.1) is 19.3 Å². The molecule has 0 aliphatic carbocycles. The second-order valence-electron chi connectivity index (χ2n) is 2.86. The zero-order valence-corrected chi connectivity index (χ0v) is 10.6. The lowest BCUT2D eigenvalue weighted by Gasteiger charge is -2.06. The number of methoxy groups -OCH3 is 1. The molecule has 1 heterocycles. The van der Waals surface area contributed by atoms with E-state index < -0.39 is 6.04 Å². The number of rotatable bonds is 3. The van der Waals surface area contributed by atoms with Crippen LogP contribution in [0.1, 0.15) is 6.92 Å². The highest BCUT2D eigenvalue weighted by molar-refractivity contribution is 5.93. The number of hydrogen-bond acceptors (Lipinski definition) is 4. The molecule has 0 fully saturated rings. The van der Waals surface area contributed by atoms with Gasteiger partial charge < -0.3 is 15.8 Å². The van der Waals surface area contributed by atoms with Gasteiger partial charge in [0.2, 0.25) is 5.91 Å². The summed E-state index contributed by atoms with van der Waals surface area (Å²) < 4.78 is 4.92. The van der Waals surface area contributed by atoms with Crippen molar-refractivity contribution >= 4 is 36.5 Å². The van der Waals surface area contributed by atoms with Gasteiger partial charge in [-0.3, -0.25) is 4.79 Å². The summed E-state index contributed by atoms with van der Waals surface area (Å²) in [6.07, 6.45) is 1.52. The summed E-state index contributed by atoms with van der Waals surface area (Å²) in [4.78, 5) is 15.1. The normalized spacial score (nSPS) is 10.4. The lowest BCUT2D eigenvalue weighted by molar-refractivity contribution is -0.117. The molecule has 0 aliphatic rings. The molecule has 1 aromatic rings. The Labute approximate surface area is 107 Å². The van der Waals surface area contributed by atoms with Crippen LogP contribution in [0, 0.1) is 0 Å². The molecule has 0 aliphatic heterocycles. The Balaban J connectivity index is 0. The van der Waals surface area contributed by atoms with E-state index in [2.05, 4.69) is 10.3 Å². The summed E-state index contributed by atoms with van der Waals surface area (Å²) in [5.41, 5.74) is 5.38. The molecule has 0 aromatic carbocycles. The van der Waals surface area contributed by atoms with Crippen molar-refractivity contribution in [3.05, 3.63) is 18.3 Å². The molecule has 5 nitrogen and oxygen atoms in total. The number of carbonyl (C=O) groups excluding carboxylic acids is 1. The Morgan fingerprint density at radius 3 is 2.50 bits per heavy atom. The van der Waals surface area contributed by atoms with Gasteiger partial charge in [-0.15, -0.1) is 24.8 Å². The van der Waals surface area contributed by atoms with E-state index in [9.17, 15) is 4.79 Å². The summed E-state index contributed by atoms with van der Waals surface area (Å²) in [6, 6.07) is 2.82. The lowest BCUT2D eigenvalue weighted by Crippen LogP contribution is -2.32. The van der Waals surface area contributed by atoms with Crippen LogP contribution in [0.2, 0.25) is 0 Å². The molecular formula is C9H15Cl2N3O2. The second kappa shape index (κ2) is 8.15. The zero-order valence-electron chi connectivity index (χ0n) is 8.97. The topological polar surface area (TPSA) is 77.2 Å². The Morgan fingerprint density at radius 1 is 1.50 bits per heavy atom. The second-order valence-corrected chi connectivity index (χ2v) is 2.86. The average Bonchev–Trinajstić information content (AvgIpc) is 2.19. The number of nitrogens with two attached hydrogens (primary N) is 1. The highest BCUT2D eigenvalue weighted by Crippen LogP contribution is 2.10. The predicted octanol–water partition coefficient (Wildman–Crippen LogP) is 1.22. The van der Waals surface area contributed by atoms with Gasteiger partial charge in [-0.2, -0.15) is 0 Å². The third kappa shape index (κ3) is 5.16. The van der Waals surface area contributed by atoms with Crippen LogP contribution in [0.5, 0.6) is 5.75 Å². The molecule has 0 spiro atoms. The molecule has 0 bridgehead atoms. The summed E-state index contributed by atoms with van der Waals surface area (Å²) in [5.74, 6) is 0.847. The van der Waals surface area contributed by atoms with E-state index in [1.165, 1.54) is 6.20 Å². The summed E-state index contributed by atoms with van der Waals surface area (Å²) in [6.45, 7) is 1.61. The molecule has 7 heteroatoms. The van der Waals surface area contributed by atoms with Crippen LogP contribution in [-0.2, 0) is 4.79 Å².